The van der Waals surface area contributed by atoms with Gasteiger partial charge in [0.05, 0.1) is 19.2 Å². The molecule has 0 bridgehead atoms. The first-order valence-corrected chi connectivity index (χ1v) is 9.33. The number of benzene rings is 1. The number of amides is 1. The standard InChI is InChI=1S/C19H21NO4S/c1-23-13-7-10(8-14(24-2)18(13)22)12-9-16(21)20-19-17(12)11-5-3-4-6-15(11)25-19/h7-8,12,22H,3-6,9H2,1-2H3,(H,20,21). The van der Waals surface area contributed by atoms with Crippen molar-refractivity contribution in [3.05, 3.63) is 33.7 Å². The van der Waals surface area contributed by atoms with Crippen LogP contribution in [0.15, 0.2) is 12.1 Å². The highest BCUT2D eigenvalue weighted by Gasteiger charge is 2.34. The van der Waals surface area contributed by atoms with E-state index in [4.69, 9.17) is 9.47 Å². The number of carbonyl (C=O) groups excluding carboxylic acids is 1. The number of ether oxygens (including phenoxy) is 2. The number of anilines is 1. The summed E-state index contributed by atoms with van der Waals surface area (Å²) >= 11 is 1.72. The van der Waals surface area contributed by atoms with Gasteiger partial charge in [0, 0.05) is 17.2 Å². The van der Waals surface area contributed by atoms with E-state index in [0.717, 1.165) is 23.4 Å². The molecule has 1 aromatic heterocycles. The number of hydrogen-bond donors (Lipinski definition) is 2. The Hall–Kier alpha value is -2.21. The number of hydrogen-bond acceptors (Lipinski definition) is 5. The fourth-order valence-electron chi connectivity index (χ4n) is 3.92. The number of phenols is 1. The molecule has 2 N–H and O–H groups in total. The molecule has 0 fully saturated rings. The van der Waals surface area contributed by atoms with Crippen LogP contribution in [0.25, 0.3) is 0 Å². The van der Waals surface area contributed by atoms with E-state index in [-0.39, 0.29) is 17.6 Å². The molecule has 1 atom stereocenters. The summed E-state index contributed by atoms with van der Waals surface area (Å²) in [6, 6.07) is 3.63. The molecule has 0 saturated carbocycles. The molecule has 25 heavy (non-hydrogen) atoms. The molecule has 1 aromatic carbocycles. The van der Waals surface area contributed by atoms with E-state index in [2.05, 4.69) is 5.32 Å². The largest absolute Gasteiger partial charge is 0.502 e. The van der Waals surface area contributed by atoms with Crippen molar-refractivity contribution in [1.82, 2.24) is 0 Å². The van der Waals surface area contributed by atoms with Crippen molar-refractivity contribution >= 4 is 22.2 Å². The number of carbonyl (C=O) groups is 1. The Morgan fingerprint density at radius 3 is 2.52 bits per heavy atom. The van der Waals surface area contributed by atoms with E-state index in [1.54, 1.807) is 11.3 Å². The molecule has 6 heteroatoms. The predicted molar refractivity (Wildman–Crippen MR) is 97.3 cm³/mol. The molecule has 1 aliphatic heterocycles. The average Bonchev–Trinajstić information content (AvgIpc) is 2.99. The Morgan fingerprint density at radius 1 is 1.16 bits per heavy atom. The lowest BCUT2D eigenvalue weighted by atomic mass is 9.82. The van der Waals surface area contributed by atoms with Crippen LogP contribution in [0, 0.1) is 0 Å². The zero-order valence-corrected chi connectivity index (χ0v) is 15.2. The fourth-order valence-corrected chi connectivity index (χ4v) is 5.28. The molecule has 0 saturated heterocycles. The molecule has 1 amide bonds. The third-order valence-corrected chi connectivity index (χ3v) is 6.33. The normalized spacial score (nSPS) is 19.0. The van der Waals surface area contributed by atoms with Crippen molar-refractivity contribution in [2.45, 2.75) is 38.0 Å². The van der Waals surface area contributed by atoms with Gasteiger partial charge >= 0.3 is 0 Å². The second kappa shape index (κ2) is 6.26. The van der Waals surface area contributed by atoms with Crippen molar-refractivity contribution in [1.29, 1.82) is 0 Å². The number of nitrogens with one attached hydrogen (secondary N) is 1. The SMILES string of the molecule is COc1cc(C2CC(=O)Nc3sc4c(c32)CCCC4)cc(OC)c1O. The molecule has 4 rings (SSSR count). The molecule has 0 radical (unpaired) electrons. The van der Waals surface area contributed by atoms with Crippen molar-refractivity contribution in [3.8, 4) is 17.2 Å². The predicted octanol–water partition coefficient (Wildman–Crippen LogP) is 3.82. The summed E-state index contributed by atoms with van der Waals surface area (Å²) in [7, 11) is 3.04. The van der Waals surface area contributed by atoms with Crippen LogP contribution in [0.4, 0.5) is 5.00 Å². The molecule has 0 spiro atoms. The first kappa shape index (κ1) is 16.3. The maximum absolute atomic E-state index is 12.3. The second-order valence-corrected chi connectivity index (χ2v) is 7.64. The molecule has 2 aromatic rings. The zero-order chi connectivity index (χ0) is 17.6. The Morgan fingerprint density at radius 2 is 1.84 bits per heavy atom. The number of thiophene rings is 1. The Labute approximate surface area is 150 Å². The minimum Gasteiger partial charge on any atom is -0.502 e. The van der Waals surface area contributed by atoms with E-state index < -0.39 is 0 Å². The highest BCUT2D eigenvalue weighted by Crippen LogP contribution is 2.49. The molecule has 1 unspecified atom stereocenters. The smallest absolute Gasteiger partial charge is 0.225 e. The number of fused-ring (bicyclic) bond motifs is 3. The maximum atomic E-state index is 12.3. The molecule has 2 heterocycles. The molecule has 132 valence electrons. The van der Waals surface area contributed by atoms with Crippen LogP contribution < -0.4 is 14.8 Å². The van der Waals surface area contributed by atoms with Gasteiger partial charge in [-0.15, -0.1) is 11.3 Å². The van der Waals surface area contributed by atoms with Gasteiger partial charge in [0.25, 0.3) is 0 Å². The summed E-state index contributed by atoms with van der Waals surface area (Å²) in [5, 5.41) is 14.2. The third kappa shape index (κ3) is 2.65. The lowest BCUT2D eigenvalue weighted by Crippen LogP contribution is -2.23. The van der Waals surface area contributed by atoms with E-state index in [1.165, 1.54) is 43.1 Å². The average molecular weight is 359 g/mol. The quantitative estimate of drug-likeness (QED) is 0.874. The monoisotopic (exact) mass is 359 g/mol. The molecular formula is C19H21NO4S. The lowest BCUT2D eigenvalue weighted by Gasteiger charge is -2.26. The highest BCUT2D eigenvalue weighted by atomic mass is 32.1. The minimum absolute atomic E-state index is 0.0124. The van der Waals surface area contributed by atoms with E-state index in [9.17, 15) is 9.90 Å². The van der Waals surface area contributed by atoms with E-state index in [0.29, 0.717) is 17.9 Å². The van der Waals surface area contributed by atoms with Crippen molar-refractivity contribution in [3.63, 3.8) is 0 Å². The van der Waals surface area contributed by atoms with Gasteiger partial charge in [-0.3, -0.25) is 4.79 Å². The Balaban J connectivity index is 1.87. The molecular weight excluding hydrogens is 338 g/mol. The number of aryl methyl sites for hydroxylation is 1. The van der Waals surface area contributed by atoms with E-state index >= 15 is 0 Å². The van der Waals surface area contributed by atoms with Crippen molar-refractivity contribution < 1.29 is 19.4 Å². The van der Waals surface area contributed by atoms with Gasteiger partial charge in [-0.25, -0.2) is 0 Å². The summed E-state index contributed by atoms with van der Waals surface area (Å²) in [5.41, 5.74) is 3.59. The summed E-state index contributed by atoms with van der Waals surface area (Å²) < 4.78 is 10.6. The van der Waals surface area contributed by atoms with Crippen LogP contribution >= 0.6 is 11.3 Å². The van der Waals surface area contributed by atoms with Crippen LogP contribution in [0.2, 0.25) is 0 Å². The lowest BCUT2D eigenvalue weighted by molar-refractivity contribution is -0.116. The van der Waals surface area contributed by atoms with Crippen LogP contribution in [0.3, 0.4) is 0 Å². The van der Waals surface area contributed by atoms with Crippen molar-refractivity contribution in [2.24, 2.45) is 0 Å². The summed E-state index contributed by atoms with van der Waals surface area (Å²) in [6.07, 6.45) is 4.97. The second-order valence-electron chi connectivity index (χ2n) is 6.53. The van der Waals surface area contributed by atoms with Crippen LogP contribution in [-0.2, 0) is 17.6 Å². The summed E-state index contributed by atoms with van der Waals surface area (Å²) in [4.78, 5) is 13.7. The van der Waals surface area contributed by atoms with Crippen molar-refractivity contribution in [2.75, 3.05) is 19.5 Å². The third-order valence-electron chi connectivity index (χ3n) is 5.11. The zero-order valence-electron chi connectivity index (χ0n) is 14.3. The Bertz CT molecular complexity index is 817. The maximum Gasteiger partial charge on any atom is 0.225 e. The summed E-state index contributed by atoms with van der Waals surface area (Å²) in [5.74, 6) is 0.714. The number of phenolic OH excluding ortho intramolecular Hbond substituents is 1. The summed E-state index contributed by atoms with van der Waals surface area (Å²) in [6.45, 7) is 0. The highest BCUT2D eigenvalue weighted by molar-refractivity contribution is 7.16. The van der Waals surface area contributed by atoms with Gasteiger partial charge in [-0.1, -0.05) is 0 Å². The van der Waals surface area contributed by atoms with Gasteiger partial charge in [-0.2, -0.15) is 0 Å². The first-order valence-electron chi connectivity index (χ1n) is 8.51. The number of aromatic hydroxyl groups is 1. The van der Waals surface area contributed by atoms with Gasteiger partial charge in [0.15, 0.2) is 11.5 Å². The van der Waals surface area contributed by atoms with Crippen LogP contribution in [0.1, 0.15) is 46.7 Å². The Kier molecular flexibility index (Phi) is 4.07. The fraction of sp³-hybridized carbons (Fsp3) is 0.421. The first-order chi connectivity index (χ1) is 12.1. The van der Waals surface area contributed by atoms with Crippen LogP contribution in [0.5, 0.6) is 17.2 Å². The van der Waals surface area contributed by atoms with E-state index in [1.807, 2.05) is 12.1 Å². The molecule has 5 nitrogen and oxygen atoms in total. The topological polar surface area (TPSA) is 67.8 Å². The molecule has 1 aliphatic carbocycles. The number of rotatable bonds is 3. The minimum atomic E-state index is -0.0368. The van der Waals surface area contributed by atoms with Gasteiger partial charge < -0.3 is 19.9 Å². The van der Waals surface area contributed by atoms with Gasteiger partial charge in [0.1, 0.15) is 0 Å². The molecule has 2 aliphatic rings. The van der Waals surface area contributed by atoms with Gasteiger partial charge in [-0.05, 0) is 54.5 Å². The van der Waals surface area contributed by atoms with Gasteiger partial charge in [0.2, 0.25) is 11.7 Å². The van der Waals surface area contributed by atoms with Crippen LogP contribution in [-0.4, -0.2) is 25.2 Å². The number of methoxy groups -OCH3 is 2.